The Morgan fingerprint density at radius 2 is 1.77 bits per heavy atom. The largest absolute Gasteiger partial charge is 0.601 e. The number of carbonyl (C=O) groups excluding carboxylic acids is 1. The summed E-state index contributed by atoms with van der Waals surface area (Å²) in [6.45, 7) is 8.35. The molecule has 0 aliphatic carbocycles. The Kier molecular flexibility index (Phi) is 5.71. The number of anilines is 3. The first-order valence-electron chi connectivity index (χ1n) is 10.4. The average molecular weight is 425 g/mol. The summed E-state index contributed by atoms with van der Waals surface area (Å²) in [5.74, 6) is 0.405. The predicted octanol–water partition coefficient (Wildman–Crippen LogP) is 2.57. The zero-order valence-corrected chi connectivity index (χ0v) is 18.0. The van der Waals surface area contributed by atoms with Crippen molar-refractivity contribution in [3.8, 4) is 0 Å². The normalized spacial score (nSPS) is 18.6. The number of hydrogen-bond donors (Lipinski definition) is 3. The number of carbonyl (C=O) groups is 1. The highest BCUT2D eigenvalue weighted by atomic mass is 16.6. The van der Waals surface area contributed by atoms with Gasteiger partial charge in [0, 0.05) is 43.6 Å². The molecule has 0 radical (unpaired) electrons. The molecule has 1 atom stereocenters. The molecule has 2 aromatic carbocycles. The zero-order chi connectivity index (χ0) is 22.0. The van der Waals surface area contributed by atoms with E-state index in [2.05, 4.69) is 20.6 Å². The van der Waals surface area contributed by atoms with Crippen LogP contribution in [0.4, 0.5) is 27.5 Å². The zero-order valence-electron chi connectivity index (χ0n) is 18.0. The Balaban J connectivity index is 1.33. The van der Waals surface area contributed by atoms with Crippen molar-refractivity contribution in [1.82, 2.24) is 4.90 Å². The van der Waals surface area contributed by atoms with E-state index < -0.39 is 5.60 Å². The molecule has 0 spiro atoms. The third kappa shape index (κ3) is 5.07. The second-order valence-electron chi connectivity index (χ2n) is 8.56. The SMILES string of the molecule is CC(C)(C)OC(=O)N1CCN(c2ccc(NC3=N[NH+]([O-])c4ccccc4N3)cc2)CC1. The highest BCUT2D eigenvalue weighted by Crippen LogP contribution is 2.22. The van der Waals surface area contributed by atoms with Gasteiger partial charge in [-0.2, -0.15) is 0 Å². The molecule has 0 bridgehead atoms. The molecular weight excluding hydrogens is 396 g/mol. The first kappa shape index (κ1) is 21.0. The molecule has 2 aliphatic heterocycles. The lowest BCUT2D eigenvalue weighted by molar-refractivity contribution is -0.783. The van der Waals surface area contributed by atoms with Gasteiger partial charge in [0.25, 0.3) is 5.96 Å². The fraction of sp³-hybridized carbons (Fsp3) is 0.364. The molecule has 2 heterocycles. The number of quaternary nitrogens is 1. The Hall–Kier alpha value is -3.30. The molecule has 31 heavy (non-hydrogen) atoms. The van der Waals surface area contributed by atoms with Crippen molar-refractivity contribution in [3.63, 3.8) is 0 Å². The monoisotopic (exact) mass is 424 g/mol. The van der Waals surface area contributed by atoms with Gasteiger partial charge in [0.2, 0.25) is 0 Å². The number of guanidine groups is 1. The van der Waals surface area contributed by atoms with Crippen molar-refractivity contribution >= 4 is 34.8 Å². The molecule has 9 heteroatoms. The Morgan fingerprint density at radius 3 is 2.45 bits per heavy atom. The molecule has 2 aromatic rings. The molecule has 1 amide bonds. The fourth-order valence-electron chi connectivity index (χ4n) is 3.52. The number of rotatable bonds is 2. The first-order chi connectivity index (χ1) is 14.8. The van der Waals surface area contributed by atoms with E-state index in [1.807, 2.05) is 63.2 Å². The van der Waals surface area contributed by atoms with Gasteiger partial charge in [-0.05, 0) is 56.2 Å². The summed E-state index contributed by atoms with van der Waals surface area (Å²) in [5, 5.41) is 22.3. The Labute approximate surface area is 181 Å². The van der Waals surface area contributed by atoms with Gasteiger partial charge in [-0.3, -0.25) is 0 Å². The number of amides is 1. The first-order valence-corrected chi connectivity index (χ1v) is 10.4. The van der Waals surface area contributed by atoms with Gasteiger partial charge in [-0.1, -0.05) is 12.1 Å². The van der Waals surface area contributed by atoms with E-state index in [4.69, 9.17) is 4.74 Å². The number of nitrogens with zero attached hydrogens (tertiary/aromatic N) is 3. The predicted molar refractivity (Wildman–Crippen MR) is 122 cm³/mol. The van der Waals surface area contributed by atoms with Crippen LogP contribution in [0.3, 0.4) is 0 Å². The summed E-state index contributed by atoms with van der Waals surface area (Å²) in [6, 6.07) is 15.2. The van der Waals surface area contributed by atoms with Gasteiger partial charge in [0.15, 0.2) is 5.69 Å². The van der Waals surface area contributed by atoms with E-state index in [1.54, 1.807) is 11.0 Å². The van der Waals surface area contributed by atoms with Crippen LogP contribution in [0, 0.1) is 5.21 Å². The topological polar surface area (TPSA) is 96.7 Å². The second-order valence-corrected chi connectivity index (χ2v) is 8.56. The van der Waals surface area contributed by atoms with E-state index in [9.17, 15) is 10.0 Å². The van der Waals surface area contributed by atoms with Crippen LogP contribution in [0.15, 0.2) is 53.6 Å². The van der Waals surface area contributed by atoms with Crippen molar-refractivity contribution in [2.75, 3.05) is 41.7 Å². The number of benzene rings is 2. The van der Waals surface area contributed by atoms with E-state index in [-0.39, 0.29) is 11.3 Å². The molecule has 2 aliphatic rings. The van der Waals surface area contributed by atoms with Gasteiger partial charge in [-0.15, -0.1) is 0 Å². The van der Waals surface area contributed by atoms with Gasteiger partial charge >= 0.3 is 6.09 Å². The van der Waals surface area contributed by atoms with E-state index in [1.165, 1.54) is 0 Å². The number of hydrogen-bond acceptors (Lipinski definition) is 7. The summed E-state index contributed by atoms with van der Waals surface area (Å²) in [5.41, 5.74) is 2.73. The summed E-state index contributed by atoms with van der Waals surface area (Å²) in [6.07, 6.45) is -0.261. The summed E-state index contributed by atoms with van der Waals surface area (Å²) >= 11 is 0. The van der Waals surface area contributed by atoms with Crippen LogP contribution in [-0.2, 0) is 4.74 Å². The minimum Gasteiger partial charge on any atom is -0.601 e. The van der Waals surface area contributed by atoms with Crippen LogP contribution >= 0.6 is 0 Å². The molecular formula is C22H28N6O3. The van der Waals surface area contributed by atoms with Crippen LogP contribution in [0.25, 0.3) is 0 Å². The quantitative estimate of drug-likeness (QED) is 0.642. The smallest absolute Gasteiger partial charge is 0.410 e. The van der Waals surface area contributed by atoms with E-state index in [0.29, 0.717) is 24.7 Å². The maximum atomic E-state index is 12.2. The third-order valence-corrected chi connectivity index (χ3v) is 5.05. The van der Waals surface area contributed by atoms with Crippen molar-refractivity contribution in [3.05, 3.63) is 53.7 Å². The lowest BCUT2D eigenvalue weighted by atomic mass is 10.2. The van der Waals surface area contributed by atoms with Gasteiger partial charge in [0.05, 0.1) is 0 Å². The van der Waals surface area contributed by atoms with Crippen LogP contribution < -0.4 is 20.7 Å². The van der Waals surface area contributed by atoms with Crippen LogP contribution in [-0.4, -0.2) is 48.7 Å². The lowest BCUT2D eigenvalue weighted by Crippen LogP contribution is -2.98. The summed E-state index contributed by atoms with van der Waals surface area (Å²) in [7, 11) is 0. The van der Waals surface area contributed by atoms with Crippen molar-refractivity contribution in [2.45, 2.75) is 26.4 Å². The summed E-state index contributed by atoms with van der Waals surface area (Å²) < 4.78 is 5.45. The van der Waals surface area contributed by atoms with Gasteiger partial charge in [-0.25, -0.2) is 9.97 Å². The standard InChI is InChI=1S/C22H28N6O3/c1-22(2,3)31-21(29)27-14-12-26(13-15-27)17-10-8-16(9-11-17)23-20-24-18-6-4-5-7-19(18)28(30)25-20/h4-11,28H,12-15H2,1-3H3,(H2,23,24,25). The molecule has 1 saturated heterocycles. The molecule has 0 saturated carbocycles. The molecule has 1 fully saturated rings. The minimum atomic E-state index is -0.485. The van der Waals surface area contributed by atoms with Crippen molar-refractivity contribution in [1.29, 1.82) is 0 Å². The van der Waals surface area contributed by atoms with Crippen molar-refractivity contribution < 1.29 is 14.7 Å². The van der Waals surface area contributed by atoms with Crippen molar-refractivity contribution in [2.24, 2.45) is 5.10 Å². The minimum absolute atomic E-state index is 0.261. The average Bonchev–Trinajstić information content (AvgIpc) is 2.73. The third-order valence-electron chi connectivity index (χ3n) is 5.05. The molecule has 3 N–H and O–H groups in total. The maximum Gasteiger partial charge on any atom is 0.410 e. The van der Waals surface area contributed by atoms with Crippen LogP contribution in [0.2, 0.25) is 0 Å². The van der Waals surface area contributed by atoms with Crippen LogP contribution in [0.1, 0.15) is 20.8 Å². The number of para-hydroxylation sites is 1. The number of fused-ring (bicyclic) bond motifs is 1. The lowest BCUT2D eigenvalue weighted by Gasteiger charge is -2.36. The number of ether oxygens (including phenoxy) is 1. The Bertz CT molecular complexity index is 962. The highest BCUT2D eigenvalue weighted by Gasteiger charge is 2.26. The molecule has 4 rings (SSSR count). The second kappa shape index (κ2) is 8.44. The Morgan fingerprint density at radius 1 is 1.10 bits per heavy atom. The van der Waals surface area contributed by atoms with Gasteiger partial charge in [0.1, 0.15) is 11.3 Å². The molecule has 9 nitrogen and oxygen atoms in total. The maximum absolute atomic E-state index is 12.2. The van der Waals surface area contributed by atoms with E-state index >= 15 is 0 Å². The molecule has 1 unspecified atom stereocenters. The number of nitrogens with one attached hydrogen (secondary N) is 3. The molecule has 164 valence electrons. The van der Waals surface area contributed by atoms with Gasteiger partial charge < -0.3 is 30.4 Å². The van der Waals surface area contributed by atoms with Crippen LogP contribution in [0.5, 0.6) is 0 Å². The molecule has 0 aromatic heterocycles. The highest BCUT2D eigenvalue weighted by molar-refractivity contribution is 6.05. The van der Waals surface area contributed by atoms with E-state index in [0.717, 1.165) is 30.2 Å². The number of piperazine rings is 1. The fourth-order valence-corrected chi connectivity index (χ4v) is 3.52. The summed E-state index contributed by atoms with van der Waals surface area (Å²) in [4.78, 5) is 16.2.